The SMILES string of the molecule is C/C(=N\OC1N=CC=CN1)c1sc(-c2cccnc2)nc1C. The summed E-state index contributed by atoms with van der Waals surface area (Å²) in [6, 6.07) is 3.89. The summed E-state index contributed by atoms with van der Waals surface area (Å²) in [7, 11) is 0. The Morgan fingerprint density at radius 1 is 1.45 bits per heavy atom. The quantitative estimate of drug-likeness (QED) is 0.696. The molecule has 1 unspecified atom stereocenters. The highest BCUT2D eigenvalue weighted by atomic mass is 32.1. The van der Waals surface area contributed by atoms with Gasteiger partial charge in [0.1, 0.15) is 5.01 Å². The van der Waals surface area contributed by atoms with Gasteiger partial charge in [0.15, 0.2) is 0 Å². The minimum atomic E-state index is -0.481. The molecule has 0 aliphatic carbocycles. The Morgan fingerprint density at radius 2 is 2.36 bits per heavy atom. The van der Waals surface area contributed by atoms with Crippen molar-refractivity contribution in [2.75, 3.05) is 0 Å². The number of allylic oxidation sites excluding steroid dienone is 1. The third kappa shape index (κ3) is 3.20. The number of aryl methyl sites for hydroxylation is 1. The third-order valence-electron chi connectivity index (χ3n) is 2.97. The zero-order valence-corrected chi connectivity index (χ0v) is 13.0. The molecule has 1 aliphatic heterocycles. The van der Waals surface area contributed by atoms with Crippen molar-refractivity contribution >= 4 is 23.3 Å². The van der Waals surface area contributed by atoms with E-state index in [1.165, 1.54) is 0 Å². The van der Waals surface area contributed by atoms with E-state index in [1.807, 2.05) is 26.0 Å². The van der Waals surface area contributed by atoms with Crippen LogP contribution in [0.25, 0.3) is 10.6 Å². The second kappa shape index (κ2) is 6.48. The van der Waals surface area contributed by atoms with Crippen molar-refractivity contribution in [2.45, 2.75) is 20.2 Å². The molecule has 1 N–H and O–H groups in total. The minimum absolute atomic E-state index is 0.481. The Labute approximate surface area is 132 Å². The first kappa shape index (κ1) is 14.4. The Morgan fingerprint density at radius 3 is 3.09 bits per heavy atom. The van der Waals surface area contributed by atoms with Crippen molar-refractivity contribution in [2.24, 2.45) is 10.1 Å². The van der Waals surface area contributed by atoms with Crippen molar-refractivity contribution in [3.8, 4) is 10.6 Å². The average Bonchev–Trinajstić information content (AvgIpc) is 2.96. The van der Waals surface area contributed by atoms with Crippen LogP contribution in [0.2, 0.25) is 0 Å². The summed E-state index contributed by atoms with van der Waals surface area (Å²) in [6.07, 6.45) is 8.30. The first-order valence-electron chi connectivity index (χ1n) is 6.77. The van der Waals surface area contributed by atoms with E-state index in [9.17, 15) is 0 Å². The maximum absolute atomic E-state index is 5.36. The second-order valence-corrected chi connectivity index (χ2v) is 5.63. The molecule has 7 heteroatoms. The van der Waals surface area contributed by atoms with Gasteiger partial charge in [-0.2, -0.15) is 0 Å². The number of hydrogen-bond donors (Lipinski definition) is 1. The largest absolute Gasteiger partial charge is 0.346 e. The molecule has 0 radical (unpaired) electrons. The molecule has 112 valence electrons. The van der Waals surface area contributed by atoms with Gasteiger partial charge in [0.05, 0.1) is 16.3 Å². The van der Waals surface area contributed by atoms with Gasteiger partial charge in [-0.3, -0.25) is 4.98 Å². The molecule has 2 aromatic heterocycles. The number of nitrogens with one attached hydrogen (secondary N) is 1. The summed E-state index contributed by atoms with van der Waals surface area (Å²) in [5, 5.41) is 8.01. The molecule has 0 fully saturated rings. The van der Waals surface area contributed by atoms with Crippen molar-refractivity contribution in [3.63, 3.8) is 0 Å². The summed E-state index contributed by atoms with van der Waals surface area (Å²) in [6.45, 7) is 3.86. The van der Waals surface area contributed by atoms with Crippen LogP contribution in [0, 0.1) is 6.92 Å². The zero-order valence-electron chi connectivity index (χ0n) is 12.2. The lowest BCUT2D eigenvalue weighted by molar-refractivity contribution is 0.0506. The average molecular weight is 313 g/mol. The van der Waals surface area contributed by atoms with Crippen LogP contribution in [-0.4, -0.2) is 28.2 Å². The summed E-state index contributed by atoms with van der Waals surface area (Å²) >= 11 is 1.57. The molecule has 0 saturated heterocycles. The topological polar surface area (TPSA) is 71.8 Å². The number of pyridine rings is 1. The molecule has 2 aromatic rings. The molecule has 22 heavy (non-hydrogen) atoms. The molecule has 1 aliphatic rings. The van der Waals surface area contributed by atoms with Gasteiger partial charge in [0.2, 0.25) is 0 Å². The maximum Gasteiger partial charge on any atom is 0.292 e. The van der Waals surface area contributed by atoms with Gasteiger partial charge in [0.25, 0.3) is 6.35 Å². The molecular weight excluding hydrogens is 298 g/mol. The smallest absolute Gasteiger partial charge is 0.292 e. The van der Waals surface area contributed by atoms with Crippen LogP contribution in [0.15, 0.2) is 47.0 Å². The highest BCUT2D eigenvalue weighted by Gasteiger charge is 2.13. The molecule has 0 spiro atoms. The van der Waals surface area contributed by atoms with Gasteiger partial charge in [-0.05, 0) is 32.1 Å². The van der Waals surface area contributed by atoms with E-state index in [4.69, 9.17) is 4.84 Å². The van der Waals surface area contributed by atoms with Gasteiger partial charge >= 0.3 is 0 Å². The number of oxime groups is 1. The Kier molecular flexibility index (Phi) is 4.24. The monoisotopic (exact) mass is 313 g/mol. The van der Waals surface area contributed by atoms with Crippen molar-refractivity contribution < 1.29 is 4.84 Å². The molecule has 0 aromatic carbocycles. The molecule has 1 atom stereocenters. The number of nitrogens with zero attached hydrogens (tertiary/aromatic N) is 4. The predicted octanol–water partition coefficient (Wildman–Crippen LogP) is 2.73. The number of thiazole rings is 1. The van der Waals surface area contributed by atoms with Crippen LogP contribution in [0.3, 0.4) is 0 Å². The second-order valence-electron chi connectivity index (χ2n) is 4.63. The number of rotatable bonds is 4. The summed E-state index contributed by atoms with van der Waals surface area (Å²) in [4.78, 5) is 19.2. The highest BCUT2D eigenvalue weighted by Crippen LogP contribution is 2.27. The van der Waals surface area contributed by atoms with Crippen LogP contribution in [0.1, 0.15) is 17.5 Å². The number of aliphatic imine (C=N–C) groups is 1. The normalized spacial score (nSPS) is 17.4. The van der Waals surface area contributed by atoms with Gasteiger partial charge < -0.3 is 10.2 Å². The van der Waals surface area contributed by atoms with Crippen molar-refractivity contribution in [3.05, 3.63) is 47.4 Å². The highest BCUT2D eigenvalue weighted by molar-refractivity contribution is 7.17. The summed E-state index contributed by atoms with van der Waals surface area (Å²) in [5.74, 6) is 0. The lowest BCUT2D eigenvalue weighted by Crippen LogP contribution is -2.26. The Hall–Kier alpha value is -2.54. The standard InChI is InChI=1S/C15H15N5OS/c1-10-13(11(2)20-21-15-17-7-4-8-18-15)22-14(19-10)12-5-3-6-16-9-12/h3-9,15,17H,1-2H3/b20-11+. The van der Waals surface area contributed by atoms with Crippen molar-refractivity contribution in [1.29, 1.82) is 0 Å². The fraction of sp³-hybridized carbons (Fsp3) is 0.200. The fourth-order valence-electron chi connectivity index (χ4n) is 1.92. The van der Waals surface area contributed by atoms with Crippen molar-refractivity contribution in [1.82, 2.24) is 15.3 Å². The molecule has 0 saturated carbocycles. The third-order valence-corrected chi connectivity index (χ3v) is 4.28. The molecule has 3 rings (SSSR count). The predicted molar refractivity (Wildman–Crippen MR) is 87.9 cm³/mol. The molecule has 0 amide bonds. The molecule has 0 bridgehead atoms. The van der Waals surface area contributed by atoms with Gasteiger partial charge in [0, 0.05) is 30.4 Å². The Balaban J connectivity index is 1.78. The van der Waals surface area contributed by atoms with Crippen LogP contribution in [-0.2, 0) is 4.84 Å². The molecule has 6 nitrogen and oxygen atoms in total. The summed E-state index contributed by atoms with van der Waals surface area (Å²) < 4.78 is 0. The zero-order chi connectivity index (χ0) is 15.4. The van der Waals surface area contributed by atoms with E-state index in [0.717, 1.165) is 26.9 Å². The first-order chi connectivity index (χ1) is 10.7. The van der Waals surface area contributed by atoms with Crippen LogP contribution in [0.5, 0.6) is 0 Å². The summed E-state index contributed by atoms with van der Waals surface area (Å²) in [5.41, 5.74) is 2.70. The van der Waals surface area contributed by atoms with Gasteiger partial charge in [-0.1, -0.05) is 5.16 Å². The van der Waals surface area contributed by atoms with Gasteiger partial charge in [-0.15, -0.1) is 11.3 Å². The van der Waals surface area contributed by atoms with Gasteiger partial charge in [-0.25, -0.2) is 9.98 Å². The minimum Gasteiger partial charge on any atom is -0.346 e. The van der Waals surface area contributed by atoms with Crippen LogP contribution < -0.4 is 5.32 Å². The fourth-order valence-corrected chi connectivity index (χ4v) is 2.92. The van der Waals surface area contributed by atoms with E-state index in [0.29, 0.717) is 0 Å². The number of hydrogen-bond acceptors (Lipinski definition) is 7. The first-order valence-corrected chi connectivity index (χ1v) is 7.58. The molecule has 3 heterocycles. The van der Waals surface area contributed by atoms with E-state index in [-0.39, 0.29) is 0 Å². The maximum atomic E-state index is 5.36. The lowest BCUT2D eigenvalue weighted by atomic mass is 10.3. The van der Waals surface area contributed by atoms with E-state index >= 15 is 0 Å². The number of aromatic nitrogens is 2. The lowest BCUT2D eigenvalue weighted by Gasteiger charge is -2.12. The van der Waals surface area contributed by atoms with Crippen LogP contribution in [0.4, 0.5) is 0 Å². The van der Waals surface area contributed by atoms with E-state index < -0.39 is 6.35 Å². The van der Waals surface area contributed by atoms with Crippen LogP contribution >= 0.6 is 11.3 Å². The Bertz CT molecular complexity index is 736. The van der Waals surface area contributed by atoms with E-state index in [2.05, 4.69) is 25.4 Å². The molecular formula is C15H15N5OS. The van der Waals surface area contributed by atoms with E-state index in [1.54, 1.807) is 42.2 Å².